The molecule has 4 N–H and O–H groups in total. The van der Waals surface area contributed by atoms with Crippen molar-refractivity contribution in [2.45, 2.75) is 13.0 Å². The van der Waals surface area contributed by atoms with Gasteiger partial charge in [-0.05, 0) is 29.8 Å². The number of benzene rings is 1. The molecule has 0 spiro atoms. The number of pyridine rings is 1. The van der Waals surface area contributed by atoms with Gasteiger partial charge in [0.05, 0.1) is 28.1 Å². The third-order valence-corrected chi connectivity index (χ3v) is 5.26. The van der Waals surface area contributed by atoms with E-state index in [9.17, 15) is 4.79 Å². The highest BCUT2D eigenvalue weighted by Gasteiger charge is 2.16. The third kappa shape index (κ3) is 3.63. The largest absolute Gasteiger partial charge is 0.488 e. The Morgan fingerprint density at radius 2 is 2.07 bits per heavy atom. The van der Waals surface area contributed by atoms with Crippen LogP contribution in [-0.4, -0.2) is 15.3 Å². The topological polar surface area (TPSA) is 95.6 Å². The van der Waals surface area contributed by atoms with E-state index in [1.165, 1.54) is 11.3 Å². The SMILES string of the molecule is NC(=O)Cc1sc(-c2cnc3ccccn23)cc1OCc1cccc(N)c1. The van der Waals surface area contributed by atoms with Gasteiger partial charge < -0.3 is 16.2 Å². The molecular weight excluding hydrogens is 360 g/mol. The Bertz CT molecular complexity index is 1120. The van der Waals surface area contributed by atoms with E-state index in [1.807, 2.05) is 65.3 Å². The number of imidazole rings is 1. The van der Waals surface area contributed by atoms with Gasteiger partial charge in [-0.3, -0.25) is 9.20 Å². The van der Waals surface area contributed by atoms with E-state index in [0.29, 0.717) is 18.0 Å². The quantitative estimate of drug-likeness (QED) is 0.504. The number of anilines is 1. The predicted molar refractivity (Wildman–Crippen MR) is 107 cm³/mol. The zero-order chi connectivity index (χ0) is 18.8. The van der Waals surface area contributed by atoms with Crippen molar-refractivity contribution in [2.24, 2.45) is 5.73 Å². The highest BCUT2D eigenvalue weighted by Crippen LogP contribution is 2.37. The first-order valence-corrected chi connectivity index (χ1v) is 9.22. The summed E-state index contributed by atoms with van der Waals surface area (Å²) in [4.78, 5) is 17.7. The van der Waals surface area contributed by atoms with Crippen LogP contribution in [0.4, 0.5) is 5.69 Å². The molecule has 0 fully saturated rings. The molecule has 0 saturated heterocycles. The summed E-state index contributed by atoms with van der Waals surface area (Å²) in [6.45, 7) is 0.361. The second-order valence-electron chi connectivity index (χ2n) is 6.15. The molecule has 3 aromatic heterocycles. The third-order valence-electron chi connectivity index (χ3n) is 4.12. The van der Waals surface area contributed by atoms with Gasteiger partial charge in [0.2, 0.25) is 5.91 Å². The summed E-state index contributed by atoms with van der Waals surface area (Å²) in [6, 6.07) is 15.3. The Morgan fingerprint density at radius 3 is 2.89 bits per heavy atom. The van der Waals surface area contributed by atoms with Gasteiger partial charge in [-0.2, -0.15) is 0 Å². The number of nitrogen functional groups attached to an aromatic ring is 1. The van der Waals surface area contributed by atoms with Crippen molar-refractivity contribution in [2.75, 3.05) is 5.73 Å². The summed E-state index contributed by atoms with van der Waals surface area (Å²) in [5.74, 6) is 0.262. The summed E-state index contributed by atoms with van der Waals surface area (Å²) in [6.07, 6.45) is 3.91. The van der Waals surface area contributed by atoms with Crippen LogP contribution in [0, 0.1) is 0 Å². The van der Waals surface area contributed by atoms with Gasteiger partial charge in [0, 0.05) is 18.0 Å². The summed E-state index contributed by atoms with van der Waals surface area (Å²) in [7, 11) is 0. The smallest absolute Gasteiger partial charge is 0.222 e. The van der Waals surface area contributed by atoms with Crippen LogP contribution in [0.1, 0.15) is 10.4 Å². The summed E-state index contributed by atoms with van der Waals surface area (Å²) >= 11 is 1.49. The molecule has 1 amide bonds. The van der Waals surface area contributed by atoms with Crippen molar-refractivity contribution < 1.29 is 9.53 Å². The monoisotopic (exact) mass is 378 g/mol. The summed E-state index contributed by atoms with van der Waals surface area (Å²) in [5.41, 5.74) is 14.7. The van der Waals surface area contributed by atoms with Gasteiger partial charge in [0.15, 0.2) is 0 Å². The molecule has 0 bridgehead atoms. The lowest BCUT2D eigenvalue weighted by Gasteiger charge is -2.07. The van der Waals surface area contributed by atoms with Crippen LogP contribution in [-0.2, 0) is 17.8 Å². The van der Waals surface area contributed by atoms with Crippen LogP contribution in [0.15, 0.2) is 60.9 Å². The Balaban J connectivity index is 1.67. The number of hydrogen-bond acceptors (Lipinski definition) is 5. The zero-order valence-electron chi connectivity index (χ0n) is 14.5. The predicted octanol–water partition coefficient (Wildman–Crippen LogP) is 3.25. The highest BCUT2D eigenvalue weighted by atomic mass is 32.1. The number of ether oxygens (including phenoxy) is 1. The number of hydrogen-bond donors (Lipinski definition) is 2. The minimum Gasteiger partial charge on any atom is -0.488 e. The summed E-state index contributed by atoms with van der Waals surface area (Å²) < 4.78 is 7.99. The number of primary amides is 1. The lowest BCUT2D eigenvalue weighted by molar-refractivity contribution is -0.117. The number of carbonyl (C=O) groups excluding carboxylic acids is 1. The van der Waals surface area contributed by atoms with Gasteiger partial charge in [0.25, 0.3) is 0 Å². The molecule has 4 aromatic rings. The number of thiophene rings is 1. The fraction of sp³-hybridized carbons (Fsp3) is 0.100. The van der Waals surface area contributed by atoms with Crippen LogP contribution < -0.4 is 16.2 Å². The molecule has 0 saturated carbocycles. The average Bonchev–Trinajstić information content (AvgIpc) is 3.23. The molecule has 3 heterocycles. The maximum Gasteiger partial charge on any atom is 0.222 e. The van der Waals surface area contributed by atoms with E-state index in [0.717, 1.165) is 26.7 Å². The molecule has 136 valence electrons. The molecule has 0 unspecified atom stereocenters. The number of nitrogens with zero attached hydrogens (tertiary/aromatic N) is 2. The Hall–Kier alpha value is -3.32. The van der Waals surface area contributed by atoms with E-state index in [2.05, 4.69) is 4.98 Å². The molecule has 1 aromatic carbocycles. The lowest BCUT2D eigenvalue weighted by Crippen LogP contribution is -2.13. The standard InChI is InChI=1S/C20H18N4O2S/c21-14-5-3-4-13(8-14)12-26-16-9-17(27-18(16)10-19(22)25)15-11-23-20-6-1-2-7-24(15)20/h1-9,11H,10,12,21H2,(H2,22,25). The van der Waals surface area contributed by atoms with Crippen molar-refractivity contribution in [3.63, 3.8) is 0 Å². The van der Waals surface area contributed by atoms with Gasteiger partial charge in [-0.1, -0.05) is 18.2 Å². The Labute approximate surface area is 160 Å². The average molecular weight is 378 g/mol. The van der Waals surface area contributed by atoms with Crippen LogP contribution in [0.2, 0.25) is 0 Å². The first-order valence-electron chi connectivity index (χ1n) is 8.41. The molecule has 0 aliphatic rings. The van der Waals surface area contributed by atoms with Crippen LogP contribution in [0.3, 0.4) is 0 Å². The number of amides is 1. The van der Waals surface area contributed by atoms with E-state index < -0.39 is 5.91 Å². The number of fused-ring (bicyclic) bond motifs is 1. The molecule has 0 radical (unpaired) electrons. The molecule has 7 heteroatoms. The Kier molecular flexibility index (Phi) is 4.52. The molecule has 0 aliphatic carbocycles. The normalized spacial score (nSPS) is 11.0. The highest BCUT2D eigenvalue weighted by molar-refractivity contribution is 7.15. The van der Waals surface area contributed by atoms with E-state index >= 15 is 0 Å². The summed E-state index contributed by atoms with van der Waals surface area (Å²) in [5, 5.41) is 0. The number of carbonyl (C=O) groups is 1. The van der Waals surface area contributed by atoms with Gasteiger partial charge in [0.1, 0.15) is 18.0 Å². The van der Waals surface area contributed by atoms with Crippen LogP contribution in [0.25, 0.3) is 16.2 Å². The maximum absolute atomic E-state index is 11.5. The first-order chi connectivity index (χ1) is 13.1. The fourth-order valence-corrected chi connectivity index (χ4v) is 4.02. The van der Waals surface area contributed by atoms with Gasteiger partial charge in [-0.25, -0.2) is 4.98 Å². The molecule has 6 nitrogen and oxygen atoms in total. The molecule has 0 atom stereocenters. The van der Waals surface area contributed by atoms with E-state index in [-0.39, 0.29) is 6.42 Å². The second kappa shape index (κ2) is 7.13. The Morgan fingerprint density at radius 1 is 1.19 bits per heavy atom. The molecular formula is C20H18N4O2S. The zero-order valence-corrected chi connectivity index (χ0v) is 15.3. The lowest BCUT2D eigenvalue weighted by atomic mass is 10.2. The fourth-order valence-electron chi connectivity index (χ4n) is 2.90. The van der Waals surface area contributed by atoms with Crippen molar-refractivity contribution in [1.82, 2.24) is 9.38 Å². The number of nitrogens with two attached hydrogens (primary N) is 2. The van der Waals surface area contributed by atoms with Crippen LogP contribution >= 0.6 is 11.3 Å². The maximum atomic E-state index is 11.5. The van der Waals surface area contributed by atoms with Crippen molar-refractivity contribution >= 4 is 28.6 Å². The van der Waals surface area contributed by atoms with Gasteiger partial charge >= 0.3 is 0 Å². The van der Waals surface area contributed by atoms with E-state index in [4.69, 9.17) is 16.2 Å². The first kappa shape index (κ1) is 17.1. The van der Waals surface area contributed by atoms with Gasteiger partial charge in [-0.15, -0.1) is 11.3 Å². The van der Waals surface area contributed by atoms with Crippen molar-refractivity contribution in [3.8, 4) is 16.3 Å². The number of aromatic nitrogens is 2. The minimum absolute atomic E-state index is 0.133. The van der Waals surface area contributed by atoms with E-state index in [1.54, 1.807) is 0 Å². The molecule has 27 heavy (non-hydrogen) atoms. The van der Waals surface area contributed by atoms with Crippen molar-refractivity contribution in [1.29, 1.82) is 0 Å². The molecule has 4 rings (SSSR count). The van der Waals surface area contributed by atoms with Crippen molar-refractivity contribution in [3.05, 3.63) is 71.4 Å². The minimum atomic E-state index is -0.393. The number of rotatable bonds is 6. The molecule has 0 aliphatic heterocycles. The second-order valence-corrected chi connectivity index (χ2v) is 7.28. The van der Waals surface area contributed by atoms with Crippen LogP contribution in [0.5, 0.6) is 5.75 Å².